The maximum atomic E-state index is 5.09. The van der Waals surface area contributed by atoms with Crippen molar-refractivity contribution in [1.29, 1.82) is 0 Å². The van der Waals surface area contributed by atoms with Crippen molar-refractivity contribution < 1.29 is 13.6 Å². The van der Waals surface area contributed by atoms with Crippen molar-refractivity contribution in [3.8, 4) is 5.75 Å². The first-order valence-corrected chi connectivity index (χ1v) is 6.89. The Balaban J connectivity index is 2.27. The molecule has 1 atom stereocenters. The van der Waals surface area contributed by atoms with Crippen molar-refractivity contribution in [2.24, 2.45) is 0 Å². The molecule has 0 spiro atoms. The highest BCUT2D eigenvalue weighted by atomic mass is 35.5. The van der Waals surface area contributed by atoms with Gasteiger partial charge in [0, 0.05) is 5.39 Å². The summed E-state index contributed by atoms with van der Waals surface area (Å²) in [6, 6.07) is 13.4. The zero-order valence-electron chi connectivity index (χ0n) is 8.00. The predicted octanol–water partition coefficient (Wildman–Crippen LogP) is 4.09. The summed E-state index contributed by atoms with van der Waals surface area (Å²) in [5.74, 6) is 0.587. The molecule has 0 aliphatic heterocycles. The molecule has 0 aliphatic carbocycles. The van der Waals surface area contributed by atoms with Crippen molar-refractivity contribution >= 4 is 41.6 Å². The number of halogens is 1. The van der Waals surface area contributed by atoms with Gasteiger partial charge in [-0.15, -0.1) is 0 Å². The lowest BCUT2D eigenvalue weighted by atomic mass is 10.1. The van der Waals surface area contributed by atoms with Crippen LogP contribution in [-0.4, -0.2) is 0 Å². The number of benzene rings is 2. The SMILES string of the molecule is S=[P+](OCl)OOc1cccc2ccccc12. The minimum Gasteiger partial charge on any atom is -0.292 e. The van der Waals surface area contributed by atoms with Crippen molar-refractivity contribution in [3.63, 3.8) is 0 Å². The van der Waals surface area contributed by atoms with E-state index in [1.165, 1.54) is 0 Å². The van der Waals surface area contributed by atoms with Gasteiger partial charge in [0.1, 0.15) is 11.9 Å². The standard InChI is InChI=1S/C10H7ClO3PS/c11-13-15(16)14-12-10-7-3-5-8-4-1-2-6-9(8)10/h1-7H/q+1. The molecule has 2 aromatic carbocycles. The summed E-state index contributed by atoms with van der Waals surface area (Å²) >= 11 is 9.78. The van der Waals surface area contributed by atoms with Gasteiger partial charge in [-0.3, -0.25) is 4.89 Å². The lowest BCUT2D eigenvalue weighted by Gasteiger charge is -2.01. The van der Waals surface area contributed by atoms with Crippen molar-refractivity contribution in [2.45, 2.75) is 0 Å². The molecule has 2 aromatic rings. The first-order chi connectivity index (χ1) is 7.81. The average Bonchev–Trinajstić information content (AvgIpc) is 2.35. The van der Waals surface area contributed by atoms with Crippen LogP contribution in [0, 0.1) is 0 Å². The van der Waals surface area contributed by atoms with E-state index in [1.807, 2.05) is 36.4 Å². The second-order valence-corrected chi connectivity index (χ2v) is 4.97. The molecular weight excluding hydrogens is 267 g/mol. The van der Waals surface area contributed by atoms with E-state index in [0.717, 1.165) is 10.8 Å². The zero-order chi connectivity index (χ0) is 11.4. The Morgan fingerprint density at radius 3 is 2.62 bits per heavy atom. The Morgan fingerprint density at radius 1 is 1.06 bits per heavy atom. The molecule has 0 bridgehead atoms. The third kappa shape index (κ3) is 2.67. The molecule has 2 rings (SSSR count). The minimum absolute atomic E-state index is 0.587. The van der Waals surface area contributed by atoms with E-state index in [2.05, 4.69) is 4.08 Å². The average molecular weight is 274 g/mol. The van der Waals surface area contributed by atoms with Crippen molar-refractivity contribution in [2.75, 3.05) is 0 Å². The second-order valence-electron chi connectivity index (χ2n) is 2.93. The second kappa shape index (κ2) is 5.53. The van der Waals surface area contributed by atoms with Crippen LogP contribution in [0.2, 0.25) is 0 Å². The number of hydrogen-bond acceptors (Lipinski definition) is 4. The Morgan fingerprint density at radius 2 is 1.81 bits per heavy atom. The van der Waals surface area contributed by atoms with Gasteiger partial charge in [-0.2, -0.15) is 0 Å². The largest absolute Gasteiger partial charge is 0.585 e. The summed E-state index contributed by atoms with van der Waals surface area (Å²) in [6.45, 7) is 0. The van der Waals surface area contributed by atoms with Crippen LogP contribution in [0.1, 0.15) is 0 Å². The summed E-state index contributed by atoms with van der Waals surface area (Å²) in [5.41, 5.74) is 0. The highest BCUT2D eigenvalue weighted by molar-refractivity contribution is 8.01. The summed E-state index contributed by atoms with van der Waals surface area (Å²) in [4.78, 5) is 5.09. The van der Waals surface area contributed by atoms with Crippen LogP contribution in [0.5, 0.6) is 5.75 Å². The Bertz CT molecular complexity index is 515. The van der Waals surface area contributed by atoms with E-state index in [1.54, 1.807) is 6.07 Å². The van der Waals surface area contributed by atoms with Gasteiger partial charge < -0.3 is 0 Å². The molecule has 0 saturated carbocycles. The summed E-state index contributed by atoms with van der Waals surface area (Å²) in [7, 11) is -1.63. The van der Waals surface area contributed by atoms with E-state index in [4.69, 9.17) is 33.2 Å². The van der Waals surface area contributed by atoms with Gasteiger partial charge in [-0.05, 0) is 15.5 Å². The molecule has 0 aromatic heterocycles. The van der Waals surface area contributed by atoms with Gasteiger partial charge in [0.15, 0.2) is 5.75 Å². The van der Waals surface area contributed by atoms with Gasteiger partial charge in [0.05, 0.1) is 4.67 Å². The fourth-order valence-electron chi connectivity index (χ4n) is 1.35. The van der Waals surface area contributed by atoms with Crippen molar-refractivity contribution in [3.05, 3.63) is 42.5 Å². The first-order valence-electron chi connectivity index (χ1n) is 4.39. The highest BCUT2D eigenvalue weighted by Crippen LogP contribution is 2.31. The number of fused-ring (bicyclic) bond motifs is 1. The molecule has 0 aliphatic rings. The van der Waals surface area contributed by atoms with Crippen LogP contribution >= 0.6 is 19.0 Å². The quantitative estimate of drug-likeness (QED) is 0.476. The first kappa shape index (κ1) is 11.7. The molecule has 3 nitrogen and oxygen atoms in total. The molecule has 0 radical (unpaired) electrons. The van der Waals surface area contributed by atoms with Crippen LogP contribution in [0.25, 0.3) is 10.8 Å². The van der Waals surface area contributed by atoms with Gasteiger partial charge in [0.25, 0.3) is 0 Å². The predicted molar refractivity (Wildman–Crippen MR) is 66.9 cm³/mol. The molecule has 82 valence electrons. The van der Waals surface area contributed by atoms with Gasteiger partial charge in [0.2, 0.25) is 11.8 Å². The topological polar surface area (TPSA) is 27.7 Å². The van der Waals surface area contributed by atoms with E-state index in [9.17, 15) is 0 Å². The molecule has 0 N–H and O–H groups in total. The normalized spacial score (nSPS) is 11.4. The Labute approximate surface area is 104 Å². The fraction of sp³-hybridized carbons (Fsp3) is 0. The van der Waals surface area contributed by atoms with E-state index in [-0.39, 0.29) is 0 Å². The third-order valence-electron chi connectivity index (χ3n) is 1.99. The zero-order valence-corrected chi connectivity index (χ0v) is 10.5. The maximum Gasteiger partial charge on any atom is 0.585 e. The molecule has 0 heterocycles. The molecular formula is C10H7ClO3PS+. The van der Waals surface area contributed by atoms with Crippen LogP contribution in [0.15, 0.2) is 42.5 Å². The van der Waals surface area contributed by atoms with Gasteiger partial charge in [-0.1, -0.05) is 36.4 Å². The Kier molecular flexibility index (Phi) is 4.04. The minimum atomic E-state index is -1.63. The summed E-state index contributed by atoms with van der Waals surface area (Å²) in [6.07, 6.45) is 0. The molecule has 0 saturated heterocycles. The Hall–Kier alpha value is -0.770. The van der Waals surface area contributed by atoms with Crippen LogP contribution in [0.4, 0.5) is 0 Å². The van der Waals surface area contributed by atoms with E-state index >= 15 is 0 Å². The smallest absolute Gasteiger partial charge is 0.292 e. The van der Waals surface area contributed by atoms with E-state index < -0.39 is 7.15 Å². The lowest BCUT2D eigenvalue weighted by Crippen LogP contribution is -1.90. The molecule has 16 heavy (non-hydrogen) atoms. The fourth-order valence-corrected chi connectivity index (χ4v) is 1.67. The molecule has 0 amide bonds. The summed E-state index contributed by atoms with van der Waals surface area (Å²) in [5, 5.41) is 2.00. The van der Waals surface area contributed by atoms with Gasteiger partial charge in [-0.25, -0.2) is 0 Å². The van der Waals surface area contributed by atoms with Crippen LogP contribution in [-0.2, 0) is 20.6 Å². The van der Waals surface area contributed by atoms with Gasteiger partial charge >= 0.3 is 7.15 Å². The van der Waals surface area contributed by atoms with Crippen LogP contribution < -0.4 is 4.89 Å². The monoisotopic (exact) mass is 273 g/mol. The maximum absolute atomic E-state index is 5.09. The summed E-state index contributed by atoms with van der Waals surface area (Å²) < 4.78 is 9.10. The highest BCUT2D eigenvalue weighted by Gasteiger charge is 2.16. The molecule has 6 heteroatoms. The van der Waals surface area contributed by atoms with E-state index in [0.29, 0.717) is 5.75 Å². The number of rotatable bonds is 4. The third-order valence-corrected chi connectivity index (χ3v) is 3.33. The molecule has 1 unspecified atom stereocenters. The van der Waals surface area contributed by atoms with Crippen LogP contribution in [0.3, 0.4) is 0 Å². The molecule has 0 fully saturated rings. The van der Waals surface area contributed by atoms with Crippen molar-refractivity contribution in [1.82, 2.24) is 0 Å². The number of hydrogen-bond donors (Lipinski definition) is 0. The lowest BCUT2D eigenvalue weighted by molar-refractivity contribution is -0.0901.